The van der Waals surface area contributed by atoms with Gasteiger partial charge in [-0.3, -0.25) is 0 Å². The minimum Gasteiger partial charge on any atom is -0.233 e. The Bertz CT molecular complexity index is 453. The Morgan fingerprint density at radius 1 is 1.46 bits per heavy atom. The van der Waals surface area contributed by atoms with Crippen molar-refractivity contribution in [3.63, 3.8) is 0 Å². The molecule has 2 rings (SSSR count). The van der Waals surface area contributed by atoms with Crippen LogP contribution in [0.3, 0.4) is 0 Å². The summed E-state index contributed by atoms with van der Waals surface area (Å²) in [6.45, 7) is 0. The van der Waals surface area contributed by atoms with E-state index in [0.29, 0.717) is 18.5 Å². The van der Waals surface area contributed by atoms with Gasteiger partial charge in [0, 0.05) is 12.6 Å². The van der Waals surface area contributed by atoms with Crippen molar-refractivity contribution in [1.29, 1.82) is 5.26 Å². The Morgan fingerprint density at radius 3 is 3.23 bits per heavy atom. The van der Waals surface area contributed by atoms with Crippen molar-refractivity contribution < 1.29 is 0 Å². The minimum absolute atomic E-state index is 0.505. The lowest BCUT2D eigenvalue weighted by molar-refractivity contribution is 0.954. The number of aromatic nitrogens is 4. The van der Waals surface area contributed by atoms with Gasteiger partial charge in [-0.25, -0.2) is 4.98 Å². The van der Waals surface area contributed by atoms with Gasteiger partial charge in [0.25, 0.3) is 0 Å². The predicted molar refractivity (Wildman–Crippen MR) is 45.6 cm³/mol. The van der Waals surface area contributed by atoms with Crippen LogP contribution in [-0.2, 0) is 6.42 Å². The van der Waals surface area contributed by atoms with E-state index in [-0.39, 0.29) is 0 Å². The Hall–Kier alpha value is -1.96. The van der Waals surface area contributed by atoms with E-state index in [9.17, 15) is 0 Å². The Labute approximate surface area is 74.4 Å². The molecule has 0 aliphatic rings. The Balaban J connectivity index is 2.33. The van der Waals surface area contributed by atoms with Crippen LogP contribution in [0.1, 0.15) is 12.0 Å². The van der Waals surface area contributed by atoms with Gasteiger partial charge >= 0.3 is 0 Å². The van der Waals surface area contributed by atoms with Crippen molar-refractivity contribution in [1.82, 2.24) is 20.4 Å². The first-order valence-electron chi connectivity index (χ1n) is 3.92. The zero-order valence-electron chi connectivity index (χ0n) is 6.86. The van der Waals surface area contributed by atoms with Crippen LogP contribution in [0, 0.1) is 11.3 Å². The van der Waals surface area contributed by atoms with E-state index in [1.54, 1.807) is 6.20 Å². The standard InChI is InChI=1S/C8H7N5/c9-3-1-2-6-4-7-8(10-5-6)12-13-11-7/h4-5H,1-2H2,(H,10,11,12,13). The number of fused-ring (bicyclic) bond motifs is 1. The summed E-state index contributed by atoms with van der Waals surface area (Å²) in [5, 5.41) is 18.6. The first-order chi connectivity index (χ1) is 6.40. The highest BCUT2D eigenvalue weighted by atomic mass is 15.3. The van der Waals surface area contributed by atoms with Gasteiger partial charge in [0.1, 0.15) is 5.52 Å². The van der Waals surface area contributed by atoms with Crippen molar-refractivity contribution >= 4 is 11.2 Å². The molecule has 2 heterocycles. The lowest BCUT2D eigenvalue weighted by atomic mass is 10.2. The third kappa shape index (κ3) is 1.47. The van der Waals surface area contributed by atoms with Gasteiger partial charge in [0.2, 0.25) is 5.65 Å². The van der Waals surface area contributed by atoms with E-state index in [4.69, 9.17) is 5.26 Å². The molecule has 5 nitrogen and oxygen atoms in total. The van der Waals surface area contributed by atoms with Crippen LogP contribution in [0.5, 0.6) is 0 Å². The number of nitrogens with zero attached hydrogens (tertiary/aromatic N) is 4. The van der Waals surface area contributed by atoms with Gasteiger partial charge < -0.3 is 0 Å². The van der Waals surface area contributed by atoms with Crippen LogP contribution in [0.15, 0.2) is 12.3 Å². The molecule has 0 amide bonds. The number of rotatable bonds is 2. The number of H-pyrrole nitrogens is 1. The van der Waals surface area contributed by atoms with E-state index >= 15 is 0 Å². The molecular formula is C8H7N5. The number of nitriles is 1. The summed E-state index contributed by atoms with van der Waals surface area (Å²) in [4.78, 5) is 4.08. The van der Waals surface area contributed by atoms with Crippen LogP contribution in [0.2, 0.25) is 0 Å². The molecule has 2 aromatic rings. The maximum Gasteiger partial charge on any atom is 0.201 e. The summed E-state index contributed by atoms with van der Waals surface area (Å²) >= 11 is 0. The molecule has 13 heavy (non-hydrogen) atoms. The fourth-order valence-corrected chi connectivity index (χ4v) is 1.12. The second-order valence-electron chi connectivity index (χ2n) is 2.67. The number of aryl methyl sites for hydroxylation is 1. The quantitative estimate of drug-likeness (QED) is 0.728. The second-order valence-corrected chi connectivity index (χ2v) is 2.67. The van der Waals surface area contributed by atoms with Gasteiger partial charge in [-0.1, -0.05) is 0 Å². The van der Waals surface area contributed by atoms with E-state index < -0.39 is 0 Å². The molecule has 1 N–H and O–H groups in total. The van der Waals surface area contributed by atoms with Gasteiger partial charge in [0.15, 0.2) is 0 Å². The normalized spacial score (nSPS) is 10.1. The van der Waals surface area contributed by atoms with Gasteiger partial charge in [-0.2, -0.15) is 15.6 Å². The van der Waals surface area contributed by atoms with Crippen molar-refractivity contribution in [3.8, 4) is 6.07 Å². The number of nitrogens with one attached hydrogen (secondary N) is 1. The van der Waals surface area contributed by atoms with Crippen molar-refractivity contribution in [2.45, 2.75) is 12.8 Å². The molecule has 64 valence electrons. The van der Waals surface area contributed by atoms with Gasteiger partial charge in [-0.15, -0.1) is 5.10 Å². The molecule has 0 aliphatic heterocycles. The van der Waals surface area contributed by atoms with Crippen LogP contribution in [-0.4, -0.2) is 20.4 Å². The third-order valence-corrected chi connectivity index (χ3v) is 1.76. The van der Waals surface area contributed by atoms with Gasteiger partial charge in [-0.05, 0) is 18.1 Å². The lowest BCUT2D eigenvalue weighted by Gasteiger charge is -1.93. The largest absolute Gasteiger partial charge is 0.233 e. The topological polar surface area (TPSA) is 78.2 Å². The number of hydrogen-bond donors (Lipinski definition) is 1. The van der Waals surface area contributed by atoms with Crippen LogP contribution >= 0.6 is 0 Å². The van der Waals surface area contributed by atoms with Gasteiger partial charge in [0.05, 0.1) is 6.07 Å². The zero-order chi connectivity index (χ0) is 9.10. The number of hydrogen-bond acceptors (Lipinski definition) is 4. The highest BCUT2D eigenvalue weighted by Gasteiger charge is 2.00. The summed E-state index contributed by atoms with van der Waals surface area (Å²) in [6, 6.07) is 3.98. The molecule has 0 aliphatic carbocycles. The molecule has 2 aromatic heterocycles. The minimum atomic E-state index is 0.505. The summed E-state index contributed by atoms with van der Waals surface area (Å²) in [6.07, 6.45) is 2.94. The van der Waals surface area contributed by atoms with E-state index in [1.807, 2.05) is 6.07 Å². The molecule has 0 radical (unpaired) electrons. The molecule has 0 bridgehead atoms. The fraction of sp³-hybridized carbons (Fsp3) is 0.250. The third-order valence-electron chi connectivity index (χ3n) is 1.76. The summed E-state index contributed by atoms with van der Waals surface area (Å²) in [7, 11) is 0. The molecule has 0 atom stereocenters. The van der Waals surface area contributed by atoms with E-state index in [1.165, 1.54) is 0 Å². The number of aromatic amines is 1. The maximum atomic E-state index is 8.40. The highest BCUT2D eigenvalue weighted by molar-refractivity contribution is 5.68. The Kier molecular flexibility index (Phi) is 1.88. The first-order valence-corrected chi connectivity index (χ1v) is 3.92. The first kappa shape index (κ1) is 7.68. The number of pyridine rings is 1. The fourth-order valence-electron chi connectivity index (χ4n) is 1.12. The average molecular weight is 173 g/mol. The summed E-state index contributed by atoms with van der Waals surface area (Å²) < 4.78 is 0. The van der Waals surface area contributed by atoms with Crippen molar-refractivity contribution in [2.24, 2.45) is 0 Å². The summed E-state index contributed by atoms with van der Waals surface area (Å²) in [5.74, 6) is 0. The maximum absolute atomic E-state index is 8.40. The van der Waals surface area contributed by atoms with Crippen molar-refractivity contribution in [3.05, 3.63) is 17.8 Å². The Morgan fingerprint density at radius 2 is 2.38 bits per heavy atom. The van der Waals surface area contributed by atoms with Crippen LogP contribution in [0.4, 0.5) is 0 Å². The molecule has 5 heteroatoms. The predicted octanol–water partition coefficient (Wildman–Crippen LogP) is 0.809. The van der Waals surface area contributed by atoms with E-state index in [0.717, 1.165) is 11.1 Å². The summed E-state index contributed by atoms with van der Waals surface area (Å²) in [5.41, 5.74) is 2.37. The molecule has 0 spiro atoms. The van der Waals surface area contributed by atoms with E-state index in [2.05, 4.69) is 26.5 Å². The molecule has 0 aromatic carbocycles. The smallest absolute Gasteiger partial charge is 0.201 e. The molecule has 0 fully saturated rings. The second kappa shape index (κ2) is 3.19. The molecule has 0 saturated heterocycles. The zero-order valence-corrected chi connectivity index (χ0v) is 6.86. The SMILES string of the molecule is N#CCCc1cnc2n[nH]nc2c1. The van der Waals surface area contributed by atoms with Crippen LogP contribution in [0.25, 0.3) is 11.2 Å². The monoisotopic (exact) mass is 173 g/mol. The average Bonchev–Trinajstić information content (AvgIpc) is 2.61. The molecule has 0 unspecified atom stereocenters. The van der Waals surface area contributed by atoms with Crippen molar-refractivity contribution in [2.75, 3.05) is 0 Å². The highest BCUT2D eigenvalue weighted by Crippen LogP contribution is 2.08. The molecule has 0 saturated carbocycles. The molecular weight excluding hydrogens is 166 g/mol. The lowest BCUT2D eigenvalue weighted by Crippen LogP contribution is -1.86. The van der Waals surface area contributed by atoms with Crippen LogP contribution < -0.4 is 0 Å².